The Morgan fingerprint density at radius 1 is 1.25 bits per heavy atom. The number of pyridine rings is 1. The van der Waals surface area contributed by atoms with Gasteiger partial charge in [0, 0.05) is 6.54 Å². The smallest absolute Gasteiger partial charge is 0.339 e. The molecule has 1 N–H and O–H groups in total. The van der Waals surface area contributed by atoms with E-state index in [1.807, 2.05) is 13.0 Å². The third kappa shape index (κ3) is 4.22. The number of methoxy groups -OCH3 is 1. The highest BCUT2D eigenvalue weighted by molar-refractivity contribution is 5.90. The number of carbonyl (C=O) groups excluding carboxylic acids is 1. The van der Waals surface area contributed by atoms with Crippen molar-refractivity contribution in [3.8, 4) is 0 Å². The van der Waals surface area contributed by atoms with Crippen molar-refractivity contribution >= 4 is 11.8 Å². The SMILES string of the molecule is COC(=O)c1ccc(NCC(C(C)C)C(C)C)nc1C. The van der Waals surface area contributed by atoms with Crippen molar-refractivity contribution in [1.82, 2.24) is 4.98 Å². The van der Waals surface area contributed by atoms with E-state index in [4.69, 9.17) is 4.74 Å². The Morgan fingerprint density at radius 2 is 1.85 bits per heavy atom. The number of nitrogens with one attached hydrogen (secondary N) is 1. The summed E-state index contributed by atoms with van der Waals surface area (Å²) in [5.41, 5.74) is 1.20. The maximum atomic E-state index is 11.5. The van der Waals surface area contributed by atoms with Gasteiger partial charge in [-0.05, 0) is 36.8 Å². The lowest BCUT2D eigenvalue weighted by Gasteiger charge is -2.25. The molecule has 20 heavy (non-hydrogen) atoms. The van der Waals surface area contributed by atoms with Crippen molar-refractivity contribution in [2.75, 3.05) is 19.0 Å². The van der Waals surface area contributed by atoms with Crippen LogP contribution in [0.2, 0.25) is 0 Å². The van der Waals surface area contributed by atoms with E-state index in [9.17, 15) is 4.79 Å². The molecule has 112 valence electrons. The lowest BCUT2D eigenvalue weighted by molar-refractivity contribution is 0.0599. The first-order chi connectivity index (χ1) is 9.36. The van der Waals surface area contributed by atoms with E-state index >= 15 is 0 Å². The zero-order valence-corrected chi connectivity index (χ0v) is 13.4. The summed E-state index contributed by atoms with van der Waals surface area (Å²) in [6, 6.07) is 3.59. The van der Waals surface area contributed by atoms with E-state index < -0.39 is 0 Å². The van der Waals surface area contributed by atoms with E-state index in [1.165, 1.54) is 7.11 Å². The molecule has 0 aliphatic carbocycles. The van der Waals surface area contributed by atoms with E-state index in [-0.39, 0.29) is 5.97 Å². The molecule has 0 spiro atoms. The monoisotopic (exact) mass is 278 g/mol. The molecule has 1 rings (SSSR count). The molecule has 1 heterocycles. The molecule has 0 bridgehead atoms. The largest absolute Gasteiger partial charge is 0.465 e. The van der Waals surface area contributed by atoms with Crippen LogP contribution >= 0.6 is 0 Å². The Labute approximate surface area is 121 Å². The second-order valence-electron chi connectivity index (χ2n) is 5.85. The maximum Gasteiger partial charge on any atom is 0.339 e. The van der Waals surface area contributed by atoms with Crippen molar-refractivity contribution in [2.24, 2.45) is 17.8 Å². The topological polar surface area (TPSA) is 51.2 Å². The molecule has 1 aromatic heterocycles. The molecule has 0 radical (unpaired) electrons. The Morgan fingerprint density at radius 3 is 2.30 bits per heavy atom. The van der Waals surface area contributed by atoms with Crippen molar-refractivity contribution < 1.29 is 9.53 Å². The molecule has 4 nitrogen and oxygen atoms in total. The number of rotatable bonds is 6. The highest BCUT2D eigenvalue weighted by atomic mass is 16.5. The van der Waals surface area contributed by atoms with Crippen LogP contribution in [0, 0.1) is 24.7 Å². The zero-order chi connectivity index (χ0) is 15.3. The van der Waals surface area contributed by atoms with Gasteiger partial charge in [-0.25, -0.2) is 9.78 Å². The molecule has 0 atom stereocenters. The Kier molecular flexibility index (Phi) is 5.99. The average Bonchev–Trinajstić information content (AvgIpc) is 2.37. The van der Waals surface area contributed by atoms with Crippen LogP contribution in [-0.4, -0.2) is 24.6 Å². The van der Waals surface area contributed by atoms with E-state index in [0.717, 1.165) is 12.4 Å². The summed E-state index contributed by atoms with van der Waals surface area (Å²) >= 11 is 0. The van der Waals surface area contributed by atoms with Gasteiger partial charge in [-0.15, -0.1) is 0 Å². The standard InChI is InChI=1S/C16H26N2O2/c1-10(2)14(11(3)4)9-17-15-8-7-13(12(5)18-15)16(19)20-6/h7-8,10-11,14H,9H2,1-6H3,(H,17,18). The van der Waals surface area contributed by atoms with E-state index in [0.29, 0.717) is 29.0 Å². The highest BCUT2D eigenvalue weighted by Gasteiger charge is 2.17. The molecule has 0 unspecified atom stereocenters. The predicted molar refractivity (Wildman–Crippen MR) is 82.0 cm³/mol. The minimum absolute atomic E-state index is 0.344. The summed E-state index contributed by atoms with van der Waals surface area (Å²) in [6.45, 7) is 11.7. The Hall–Kier alpha value is -1.58. The van der Waals surface area contributed by atoms with E-state index in [2.05, 4.69) is 38.0 Å². The number of anilines is 1. The van der Waals surface area contributed by atoms with Gasteiger partial charge in [-0.1, -0.05) is 27.7 Å². The number of aryl methyl sites for hydroxylation is 1. The van der Waals surface area contributed by atoms with Crippen LogP contribution in [0.25, 0.3) is 0 Å². The molecule has 0 amide bonds. The van der Waals surface area contributed by atoms with Crippen LogP contribution in [0.3, 0.4) is 0 Å². The number of ether oxygens (including phenoxy) is 1. The Balaban J connectivity index is 2.75. The fourth-order valence-corrected chi connectivity index (χ4v) is 2.45. The number of esters is 1. The van der Waals surface area contributed by atoms with Gasteiger partial charge >= 0.3 is 5.97 Å². The molecule has 0 saturated carbocycles. The van der Waals surface area contributed by atoms with Crippen LogP contribution < -0.4 is 5.32 Å². The molecular formula is C16H26N2O2. The average molecular weight is 278 g/mol. The van der Waals surface area contributed by atoms with Gasteiger partial charge in [0.05, 0.1) is 18.4 Å². The predicted octanol–water partition coefficient (Wildman–Crippen LogP) is 3.52. The number of aromatic nitrogens is 1. The minimum Gasteiger partial charge on any atom is -0.465 e. The van der Waals surface area contributed by atoms with Gasteiger partial charge < -0.3 is 10.1 Å². The second-order valence-corrected chi connectivity index (χ2v) is 5.85. The van der Waals surface area contributed by atoms with Crippen molar-refractivity contribution in [2.45, 2.75) is 34.6 Å². The molecule has 4 heteroatoms. The molecule has 0 aliphatic heterocycles. The van der Waals surface area contributed by atoms with Crippen LogP contribution in [0.1, 0.15) is 43.7 Å². The fraction of sp³-hybridized carbons (Fsp3) is 0.625. The first-order valence-corrected chi connectivity index (χ1v) is 7.16. The first kappa shape index (κ1) is 16.5. The quantitative estimate of drug-likeness (QED) is 0.809. The molecule has 0 aromatic carbocycles. The summed E-state index contributed by atoms with van der Waals surface area (Å²) < 4.78 is 4.72. The molecule has 0 aliphatic rings. The maximum absolute atomic E-state index is 11.5. The molecule has 1 aromatic rings. The summed E-state index contributed by atoms with van der Waals surface area (Å²) in [6.07, 6.45) is 0. The van der Waals surface area contributed by atoms with Crippen LogP contribution in [0.4, 0.5) is 5.82 Å². The third-order valence-corrected chi connectivity index (χ3v) is 3.72. The molecule has 0 fully saturated rings. The normalized spacial score (nSPS) is 11.2. The molecular weight excluding hydrogens is 252 g/mol. The zero-order valence-electron chi connectivity index (χ0n) is 13.4. The number of hydrogen-bond donors (Lipinski definition) is 1. The van der Waals surface area contributed by atoms with Crippen molar-refractivity contribution in [3.63, 3.8) is 0 Å². The second kappa shape index (κ2) is 7.27. The number of nitrogens with zero attached hydrogens (tertiary/aromatic N) is 1. The third-order valence-electron chi connectivity index (χ3n) is 3.72. The lowest BCUT2D eigenvalue weighted by Crippen LogP contribution is -2.25. The summed E-state index contributed by atoms with van der Waals surface area (Å²) in [7, 11) is 1.38. The van der Waals surface area contributed by atoms with E-state index in [1.54, 1.807) is 6.07 Å². The van der Waals surface area contributed by atoms with Crippen molar-refractivity contribution in [3.05, 3.63) is 23.4 Å². The summed E-state index contributed by atoms with van der Waals surface area (Å²) in [4.78, 5) is 15.9. The van der Waals surface area contributed by atoms with Gasteiger partial charge in [-0.2, -0.15) is 0 Å². The van der Waals surface area contributed by atoms with Crippen LogP contribution in [0.15, 0.2) is 12.1 Å². The summed E-state index contributed by atoms with van der Waals surface area (Å²) in [5.74, 6) is 2.30. The van der Waals surface area contributed by atoms with Crippen molar-refractivity contribution in [1.29, 1.82) is 0 Å². The van der Waals surface area contributed by atoms with Gasteiger partial charge in [0.25, 0.3) is 0 Å². The highest BCUT2D eigenvalue weighted by Crippen LogP contribution is 2.21. The van der Waals surface area contributed by atoms with Crippen LogP contribution in [0.5, 0.6) is 0 Å². The fourth-order valence-electron chi connectivity index (χ4n) is 2.45. The molecule has 0 saturated heterocycles. The Bertz CT molecular complexity index is 448. The number of hydrogen-bond acceptors (Lipinski definition) is 4. The van der Waals surface area contributed by atoms with Crippen LogP contribution in [-0.2, 0) is 4.74 Å². The summed E-state index contributed by atoms with van der Waals surface area (Å²) in [5, 5.41) is 3.37. The van der Waals surface area contributed by atoms with Gasteiger partial charge in [0.1, 0.15) is 5.82 Å². The lowest BCUT2D eigenvalue weighted by atomic mass is 9.85. The minimum atomic E-state index is -0.344. The van der Waals surface area contributed by atoms with Gasteiger partial charge in [0.15, 0.2) is 0 Å². The van der Waals surface area contributed by atoms with Gasteiger partial charge in [0.2, 0.25) is 0 Å². The number of carbonyl (C=O) groups is 1. The first-order valence-electron chi connectivity index (χ1n) is 7.16. The van der Waals surface area contributed by atoms with Gasteiger partial charge in [-0.3, -0.25) is 0 Å².